The summed E-state index contributed by atoms with van der Waals surface area (Å²) in [4.78, 5) is 23.0. The summed E-state index contributed by atoms with van der Waals surface area (Å²) >= 11 is 0. The number of β-amino-alcohol motifs (C(OH)–C–C–N with tert-alkyl or cyclic N) is 1. The first-order valence-corrected chi connectivity index (χ1v) is 4.39. The molecular formula is C8H14N2O4. The minimum absolute atomic E-state index is 0.288. The van der Waals surface area contributed by atoms with E-state index in [4.69, 9.17) is 10.2 Å². The van der Waals surface area contributed by atoms with Crippen LogP contribution in [0.2, 0.25) is 0 Å². The van der Waals surface area contributed by atoms with E-state index in [1.165, 1.54) is 7.05 Å². The molecule has 1 heterocycles. The quantitative estimate of drug-likeness (QED) is 0.505. The number of aliphatic hydroxyl groups is 1. The molecule has 1 saturated heterocycles. The number of carboxylic acids is 1. The van der Waals surface area contributed by atoms with Crippen LogP contribution in [0.1, 0.15) is 6.42 Å². The Morgan fingerprint density at radius 1 is 1.57 bits per heavy atom. The Labute approximate surface area is 81.5 Å². The van der Waals surface area contributed by atoms with Crippen molar-refractivity contribution in [1.82, 2.24) is 10.2 Å². The first kappa shape index (κ1) is 10.9. The summed E-state index contributed by atoms with van der Waals surface area (Å²) in [6.45, 7) is 0.0738. The molecule has 3 N–H and O–H groups in total. The Bertz CT molecular complexity index is 243. The molecule has 0 aromatic heterocycles. The fourth-order valence-electron chi connectivity index (χ4n) is 1.45. The predicted octanol–water partition coefficient (Wildman–Crippen LogP) is -1.75. The van der Waals surface area contributed by atoms with Crippen LogP contribution in [0.15, 0.2) is 0 Å². The van der Waals surface area contributed by atoms with Gasteiger partial charge in [-0.2, -0.15) is 0 Å². The molecule has 0 bridgehead atoms. The molecule has 1 aliphatic rings. The van der Waals surface area contributed by atoms with Crippen LogP contribution >= 0.6 is 0 Å². The fourth-order valence-corrected chi connectivity index (χ4v) is 1.45. The van der Waals surface area contributed by atoms with Crippen LogP contribution in [0.5, 0.6) is 0 Å². The van der Waals surface area contributed by atoms with Gasteiger partial charge in [0.2, 0.25) is 5.91 Å². The topological polar surface area (TPSA) is 89.9 Å². The maximum Gasteiger partial charge on any atom is 0.323 e. The average Bonchev–Trinajstić information content (AvgIpc) is 2.49. The van der Waals surface area contributed by atoms with Gasteiger partial charge >= 0.3 is 5.97 Å². The van der Waals surface area contributed by atoms with Crippen LogP contribution < -0.4 is 5.32 Å². The zero-order valence-electron chi connectivity index (χ0n) is 7.93. The molecule has 2 atom stereocenters. The minimum atomic E-state index is -1.04. The van der Waals surface area contributed by atoms with Crippen molar-refractivity contribution in [3.63, 3.8) is 0 Å². The third-order valence-electron chi connectivity index (χ3n) is 2.15. The summed E-state index contributed by atoms with van der Waals surface area (Å²) in [7, 11) is 1.43. The molecule has 0 spiro atoms. The number of nitrogens with one attached hydrogen (secondary N) is 1. The number of nitrogens with zero attached hydrogens (tertiary/aromatic N) is 1. The summed E-state index contributed by atoms with van der Waals surface area (Å²) in [5.74, 6) is -1.33. The van der Waals surface area contributed by atoms with Crippen LogP contribution in [0.3, 0.4) is 0 Å². The second-order valence-electron chi connectivity index (χ2n) is 3.44. The molecule has 80 valence electrons. The predicted molar refractivity (Wildman–Crippen MR) is 47.7 cm³/mol. The minimum Gasteiger partial charge on any atom is -0.480 e. The van der Waals surface area contributed by atoms with E-state index in [1.54, 1.807) is 0 Å². The number of carbonyl (C=O) groups is 2. The van der Waals surface area contributed by atoms with Crippen LogP contribution in [-0.2, 0) is 9.59 Å². The zero-order chi connectivity index (χ0) is 10.7. The number of likely N-dealkylation sites (N-methyl/N-ethyl adjacent to an activating group) is 1. The number of aliphatic hydroxyl groups excluding tert-OH is 1. The number of carboxylic acid groups (broad SMARTS) is 1. The molecule has 6 nitrogen and oxygen atoms in total. The lowest BCUT2D eigenvalue weighted by Gasteiger charge is -2.18. The molecule has 1 rings (SSSR count). The van der Waals surface area contributed by atoms with E-state index in [0.717, 1.165) is 4.90 Å². The van der Waals surface area contributed by atoms with Crippen molar-refractivity contribution in [2.24, 2.45) is 0 Å². The Kier molecular flexibility index (Phi) is 3.43. The summed E-state index contributed by atoms with van der Waals surface area (Å²) in [6.07, 6.45) is -0.162. The Balaban J connectivity index is 2.44. The van der Waals surface area contributed by atoms with Crippen LogP contribution in [0.4, 0.5) is 0 Å². The average molecular weight is 202 g/mol. The van der Waals surface area contributed by atoms with Gasteiger partial charge in [0.1, 0.15) is 6.54 Å². The molecule has 2 unspecified atom stereocenters. The van der Waals surface area contributed by atoms with Crippen molar-refractivity contribution in [2.45, 2.75) is 18.6 Å². The summed E-state index contributed by atoms with van der Waals surface area (Å²) < 4.78 is 0. The third-order valence-corrected chi connectivity index (χ3v) is 2.15. The van der Waals surface area contributed by atoms with Gasteiger partial charge in [0.05, 0.1) is 12.1 Å². The first-order chi connectivity index (χ1) is 6.50. The van der Waals surface area contributed by atoms with Gasteiger partial charge in [0.25, 0.3) is 0 Å². The van der Waals surface area contributed by atoms with Gasteiger partial charge in [0.15, 0.2) is 0 Å². The SMILES string of the molecule is CN(CC(=O)O)C(=O)C1CC(O)CN1. The fraction of sp³-hybridized carbons (Fsp3) is 0.750. The molecule has 6 heteroatoms. The Hall–Kier alpha value is -1.14. The number of hydrogen-bond acceptors (Lipinski definition) is 4. The standard InChI is InChI=1S/C8H14N2O4/c1-10(4-7(12)13)8(14)6-2-5(11)3-9-6/h5-6,9,11H,2-4H2,1H3,(H,12,13). The summed E-state index contributed by atoms with van der Waals surface area (Å²) in [5, 5.41) is 20.5. The number of carbonyl (C=O) groups excluding carboxylic acids is 1. The van der Waals surface area contributed by atoms with Crippen LogP contribution in [0, 0.1) is 0 Å². The van der Waals surface area contributed by atoms with E-state index in [0.29, 0.717) is 13.0 Å². The number of aliphatic carboxylic acids is 1. The monoisotopic (exact) mass is 202 g/mol. The number of hydrogen-bond donors (Lipinski definition) is 3. The summed E-state index contributed by atoms with van der Waals surface area (Å²) in [6, 6.07) is -0.450. The molecule has 0 saturated carbocycles. The van der Waals surface area contributed by atoms with Crippen molar-refractivity contribution < 1.29 is 19.8 Å². The lowest BCUT2D eigenvalue weighted by Crippen LogP contribution is -2.43. The Morgan fingerprint density at radius 3 is 2.64 bits per heavy atom. The first-order valence-electron chi connectivity index (χ1n) is 4.39. The molecule has 1 fully saturated rings. The van der Waals surface area contributed by atoms with Crippen molar-refractivity contribution in [3.05, 3.63) is 0 Å². The van der Waals surface area contributed by atoms with Gasteiger partial charge < -0.3 is 20.4 Å². The van der Waals surface area contributed by atoms with E-state index in [9.17, 15) is 9.59 Å². The molecule has 14 heavy (non-hydrogen) atoms. The maximum atomic E-state index is 11.5. The highest BCUT2D eigenvalue weighted by Crippen LogP contribution is 2.08. The van der Waals surface area contributed by atoms with Crippen molar-refractivity contribution in [2.75, 3.05) is 20.1 Å². The zero-order valence-corrected chi connectivity index (χ0v) is 7.93. The van der Waals surface area contributed by atoms with Crippen molar-refractivity contribution in [1.29, 1.82) is 0 Å². The van der Waals surface area contributed by atoms with Crippen LogP contribution in [-0.4, -0.2) is 59.3 Å². The van der Waals surface area contributed by atoms with E-state index < -0.39 is 18.1 Å². The van der Waals surface area contributed by atoms with E-state index in [1.807, 2.05) is 0 Å². The highest BCUT2D eigenvalue weighted by atomic mass is 16.4. The van der Waals surface area contributed by atoms with Crippen molar-refractivity contribution >= 4 is 11.9 Å². The number of amides is 1. The number of rotatable bonds is 3. The normalized spacial score (nSPS) is 26.1. The Morgan fingerprint density at radius 2 is 2.21 bits per heavy atom. The largest absolute Gasteiger partial charge is 0.480 e. The van der Waals surface area contributed by atoms with E-state index >= 15 is 0 Å². The van der Waals surface area contributed by atoms with E-state index in [-0.39, 0.29) is 12.5 Å². The molecule has 0 aliphatic carbocycles. The van der Waals surface area contributed by atoms with Gasteiger partial charge in [-0.05, 0) is 6.42 Å². The molecule has 0 radical (unpaired) electrons. The van der Waals surface area contributed by atoms with Gasteiger partial charge in [0, 0.05) is 13.6 Å². The van der Waals surface area contributed by atoms with Gasteiger partial charge in [-0.3, -0.25) is 9.59 Å². The second kappa shape index (κ2) is 4.39. The van der Waals surface area contributed by atoms with Gasteiger partial charge in [-0.15, -0.1) is 0 Å². The molecule has 0 aromatic rings. The maximum absolute atomic E-state index is 11.5. The molecule has 1 aliphatic heterocycles. The highest BCUT2D eigenvalue weighted by Gasteiger charge is 2.30. The molecule has 1 amide bonds. The lowest BCUT2D eigenvalue weighted by atomic mass is 10.2. The smallest absolute Gasteiger partial charge is 0.323 e. The van der Waals surface area contributed by atoms with Crippen LogP contribution in [0.25, 0.3) is 0 Å². The molecular weight excluding hydrogens is 188 g/mol. The second-order valence-corrected chi connectivity index (χ2v) is 3.44. The van der Waals surface area contributed by atoms with Gasteiger partial charge in [-0.1, -0.05) is 0 Å². The third kappa shape index (κ3) is 2.68. The highest BCUT2D eigenvalue weighted by molar-refractivity contribution is 5.85. The molecule has 0 aromatic carbocycles. The van der Waals surface area contributed by atoms with Gasteiger partial charge in [-0.25, -0.2) is 0 Å². The van der Waals surface area contributed by atoms with E-state index in [2.05, 4.69) is 5.32 Å². The summed E-state index contributed by atoms with van der Waals surface area (Å²) in [5.41, 5.74) is 0. The van der Waals surface area contributed by atoms with Crippen molar-refractivity contribution in [3.8, 4) is 0 Å². The lowest BCUT2D eigenvalue weighted by molar-refractivity contribution is -0.144.